The summed E-state index contributed by atoms with van der Waals surface area (Å²) in [6.07, 6.45) is 3.28. The highest BCUT2D eigenvalue weighted by Crippen LogP contribution is 2.16. The number of aryl methyl sites for hydroxylation is 1. The second-order valence-electron chi connectivity index (χ2n) is 5.19. The number of amides is 2. The molecule has 5 heteroatoms. The van der Waals surface area contributed by atoms with Crippen molar-refractivity contribution in [3.63, 3.8) is 0 Å². The van der Waals surface area contributed by atoms with E-state index in [4.69, 9.17) is 5.11 Å². The van der Waals surface area contributed by atoms with Crippen molar-refractivity contribution in [2.45, 2.75) is 52.0 Å². The monoisotopic (exact) mass is 292 g/mol. The molecule has 1 rings (SSSR count). The summed E-state index contributed by atoms with van der Waals surface area (Å²) in [5.74, 6) is -0.805. The van der Waals surface area contributed by atoms with E-state index in [1.165, 1.54) is 0 Å². The summed E-state index contributed by atoms with van der Waals surface area (Å²) in [6, 6.07) is 7.45. The maximum atomic E-state index is 11.9. The van der Waals surface area contributed by atoms with Crippen molar-refractivity contribution in [1.29, 1.82) is 0 Å². The average molecular weight is 292 g/mol. The lowest BCUT2D eigenvalue weighted by Crippen LogP contribution is -2.36. The number of hydrogen-bond acceptors (Lipinski definition) is 2. The van der Waals surface area contributed by atoms with Crippen LogP contribution in [0.25, 0.3) is 0 Å². The summed E-state index contributed by atoms with van der Waals surface area (Å²) in [4.78, 5) is 22.4. The molecule has 0 heterocycles. The number of hydrogen-bond donors (Lipinski definition) is 3. The van der Waals surface area contributed by atoms with Gasteiger partial charge in [-0.25, -0.2) is 4.79 Å². The number of nitrogens with one attached hydrogen (secondary N) is 2. The van der Waals surface area contributed by atoms with Gasteiger partial charge in [-0.3, -0.25) is 4.79 Å². The number of urea groups is 1. The summed E-state index contributed by atoms with van der Waals surface area (Å²) < 4.78 is 0. The number of carboxylic acid groups (broad SMARTS) is 1. The lowest BCUT2D eigenvalue weighted by molar-refractivity contribution is -0.137. The minimum Gasteiger partial charge on any atom is -0.481 e. The zero-order valence-corrected chi connectivity index (χ0v) is 12.7. The van der Waals surface area contributed by atoms with Crippen molar-refractivity contribution in [3.05, 3.63) is 29.8 Å². The minimum absolute atomic E-state index is 0.0531. The zero-order valence-electron chi connectivity index (χ0n) is 12.7. The Kier molecular flexibility index (Phi) is 7.29. The van der Waals surface area contributed by atoms with E-state index in [9.17, 15) is 9.59 Å². The van der Waals surface area contributed by atoms with Crippen LogP contribution in [-0.4, -0.2) is 23.1 Å². The highest BCUT2D eigenvalue weighted by Gasteiger charge is 2.10. The van der Waals surface area contributed by atoms with E-state index in [0.717, 1.165) is 24.1 Å². The molecule has 2 amide bonds. The van der Waals surface area contributed by atoms with E-state index in [1.807, 2.05) is 31.2 Å². The number of aliphatic carboxylic acids is 1. The second kappa shape index (κ2) is 9.00. The van der Waals surface area contributed by atoms with Crippen molar-refractivity contribution in [2.75, 3.05) is 5.32 Å². The summed E-state index contributed by atoms with van der Waals surface area (Å²) >= 11 is 0. The molecule has 1 unspecified atom stereocenters. The number of carbonyl (C=O) groups excluding carboxylic acids is 1. The minimum atomic E-state index is -0.805. The molecule has 0 radical (unpaired) electrons. The van der Waals surface area contributed by atoms with Crippen molar-refractivity contribution >= 4 is 17.7 Å². The normalized spacial score (nSPS) is 11.7. The fourth-order valence-electron chi connectivity index (χ4n) is 2.14. The van der Waals surface area contributed by atoms with E-state index in [0.29, 0.717) is 12.8 Å². The highest BCUT2D eigenvalue weighted by molar-refractivity contribution is 5.90. The number of anilines is 1. The van der Waals surface area contributed by atoms with E-state index < -0.39 is 5.97 Å². The third-order valence-corrected chi connectivity index (χ3v) is 3.19. The lowest BCUT2D eigenvalue weighted by atomic mass is 10.1. The number of rotatable bonds is 8. The van der Waals surface area contributed by atoms with Gasteiger partial charge in [0.1, 0.15) is 0 Å². The van der Waals surface area contributed by atoms with Gasteiger partial charge < -0.3 is 15.7 Å². The van der Waals surface area contributed by atoms with Crippen LogP contribution < -0.4 is 10.6 Å². The Hall–Kier alpha value is -2.04. The van der Waals surface area contributed by atoms with Gasteiger partial charge in [0.25, 0.3) is 0 Å². The molecule has 1 aromatic carbocycles. The van der Waals surface area contributed by atoms with Gasteiger partial charge in [0.15, 0.2) is 0 Å². The third kappa shape index (κ3) is 6.79. The smallest absolute Gasteiger partial charge is 0.319 e. The SMILES string of the molecule is CCCc1ccccc1NC(=O)NC(C)CCCC(=O)O. The number of carbonyl (C=O) groups is 2. The summed E-state index contributed by atoms with van der Waals surface area (Å²) in [7, 11) is 0. The van der Waals surface area contributed by atoms with Crippen molar-refractivity contribution in [3.8, 4) is 0 Å². The molecule has 0 saturated heterocycles. The Morgan fingerprint density at radius 3 is 2.67 bits per heavy atom. The van der Waals surface area contributed by atoms with Gasteiger partial charge in [0.05, 0.1) is 0 Å². The lowest BCUT2D eigenvalue weighted by Gasteiger charge is -2.15. The predicted molar refractivity (Wildman–Crippen MR) is 83.5 cm³/mol. The standard InChI is InChI=1S/C16H24N2O3/c1-3-7-13-9-4-5-10-14(13)18-16(21)17-12(2)8-6-11-15(19)20/h4-5,9-10,12H,3,6-8,11H2,1-2H3,(H,19,20)(H2,17,18,21). The maximum Gasteiger partial charge on any atom is 0.319 e. The Balaban J connectivity index is 2.44. The molecule has 0 aromatic heterocycles. The maximum absolute atomic E-state index is 11.9. The van der Waals surface area contributed by atoms with Crippen LogP contribution in [0.15, 0.2) is 24.3 Å². The van der Waals surface area contributed by atoms with E-state index in [-0.39, 0.29) is 18.5 Å². The number of para-hydroxylation sites is 1. The second-order valence-corrected chi connectivity index (χ2v) is 5.19. The Labute approximate surface area is 125 Å². The van der Waals surface area contributed by atoms with Crippen LogP contribution in [0.4, 0.5) is 10.5 Å². The molecule has 0 fully saturated rings. The van der Waals surface area contributed by atoms with E-state index in [1.54, 1.807) is 0 Å². The molecular weight excluding hydrogens is 268 g/mol. The molecular formula is C16H24N2O3. The van der Waals surface area contributed by atoms with Crippen LogP contribution in [0.1, 0.15) is 45.1 Å². The van der Waals surface area contributed by atoms with Gasteiger partial charge in [-0.1, -0.05) is 31.5 Å². The van der Waals surface area contributed by atoms with Crippen LogP contribution in [0.2, 0.25) is 0 Å². The summed E-state index contributed by atoms with van der Waals surface area (Å²) in [6.45, 7) is 3.97. The first kappa shape index (κ1) is 17.0. The summed E-state index contributed by atoms with van der Waals surface area (Å²) in [5.41, 5.74) is 1.95. The highest BCUT2D eigenvalue weighted by atomic mass is 16.4. The molecule has 1 atom stereocenters. The fraction of sp³-hybridized carbons (Fsp3) is 0.500. The Morgan fingerprint density at radius 2 is 2.00 bits per heavy atom. The van der Waals surface area contributed by atoms with Gasteiger partial charge in [-0.05, 0) is 37.8 Å². The fourth-order valence-corrected chi connectivity index (χ4v) is 2.14. The van der Waals surface area contributed by atoms with Crippen molar-refractivity contribution in [2.24, 2.45) is 0 Å². The zero-order chi connectivity index (χ0) is 15.7. The molecule has 0 spiro atoms. The molecule has 116 valence electrons. The predicted octanol–water partition coefficient (Wildman–Crippen LogP) is 3.40. The van der Waals surface area contributed by atoms with Crippen molar-refractivity contribution in [1.82, 2.24) is 5.32 Å². The van der Waals surface area contributed by atoms with Crippen LogP contribution in [0.3, 0.4) is 0 Å². The Bertz CT molecular complexity index is 474. The molecule has 0 aliphatic rings. The summed E-state index contributed by atoms with van der Waals surface area (Å²) in [5, 5.41) is 14.3. The average Bonchev–Trinajstić information content (AvgIpc) is 2.40. The first-order valence-corrected chi connectivity index (χ1v) is 7.40. The topological polar surface area (TPSA) is 78.4 Å². The van der Waals surface area contributed by atoms with Gasteiger partial charge in [-0.2, -0.15) is 0 Å². The van der Waals surface area contributed by atoms with Crippen LogP contribution in [-0.2, 0) is 11.2 Å². The largest absolute Gasteiger partial charge is 0.481 e. The third-order valence-electron chi connectivity index (χ3n) is 3.19. The molecule has 0 saturated carbocycles. The molecule has 0 aliphatic carbocycles. The van der Waals surface area contributed by atoms with E-state index >= 15 is 0 Å². The van der Waals surface area contributed by atoms with Crippen LogP contribution in [0, 0.1) is 0 Å². The first-order chi connectivity index (χ1) is 10.0. The molecule has 21 heavy (non-hydrogen) atoms. The van der Waals surface area contributed by atoms with Gasteiger partial charge >= 0.3 is 12.0 Å². The molecule has 1 aromatic rings. The van der Waals surface area contributed by atoms with Gasteiger partial charge in [0.2, 0.25) is 0 Å². The Morgan fingerprint density at radius 1 is 1.29 bits per heavy atom. The first-order valence-electron chi connectivity index (χ1n) is 7.40. The van der Waals surface area contributed by atoms with E-state index in [2.05, 4.69) is 17.6 Å². The van der Waals surface area contributed by atoms with Gasteiger partial charge in [-0.15, -0.1) is 0 Å². The molecule has 0 bridgehead atoms. The molecule has 3 N–H and O–H groups in total. The van der Waals surface area contributed by atoms with Crippen LogP contribution >= 0.6 is 0 Å². The number of carboxylic acids is 1. The molecule has 5 nitrogen and oxygen atoms in total. The van der Waals surface area contributed by atoms with Gasteiger partial charge in [0, 0.05) is 18.2 Å². The van der Waals surface area contributed by atoms with Crippen molar-refractivity contribution < 1.29 is 14.7 Å². The van der Waals surface area contributed by atoms with Crippen LogP contribution in [0.5, 0.6) is 0 Å². The molecule has 0 aliphatic heterocycles. The quantitative estimate of drug-likeness (QED) is 0.687. The number of benzene rings is 1.